The topological polar surface area (TPSA) is 46.0 Å². The number of amides is 1. The summed E-state index contributed by atoms with van der Waals surface area (Å²) in [6.07, 6.45) is 1.29. The van der Waals surface area contributed by atoms with Crippen LogP contribution in [0.2, 0.25) is 0 Å². The summed E-state index contributed by atoms with van der Waals surface area (Å²) in [5.74, 6) is 1.54. The van der Waals surface area contributed by atoms with E-state index in [2.05, 4.69) is 36.2 Å². The standard InChI is InChI=1S/C19H29N3O2/c1-15-11-16(2)13-21(12-15)14-19(23)20-17-3-5-18(6-4-17)22-7-9-24-10-8-22/h3-6,15-16H,7-14H2,1-2H3,(H,20,23)/p+1/t15-,16+. The highest BCUT2D eigenvalue weighted by atomic mass is 16.5. The van der Waals surface area contributed by atoms with Gasteiger partial charge < -0.3 is 19.9 Å². The van der Waals surface area contributed by atoms with Gasteiger partial charge in [-0.25, -0.2) is 0 Å². The molecule has 5 nitrogen and oxygen atoms in total. The molecule has 1 aromatic rings. The third kappa shape index (κ3) is 4.71. The Kier molecular flexibility index (Phi) is 5.74. The van der Waals surface area contributed by atoms with Crippen LogP contribution < -0.4 is 15.1 Å². The number of morpholine rings is 1. The summed E-state index contributed by atoms with van der Waals surface area (Å²) in [6, 6.07) is 8.16. The molecule has 0 bridgehead atoms. The number of rotatable bonds is 4. The molecule has 3 rings (SSSR count). The number of quaternary nitrogens is 1. The molecule has 2 N–H and O–H groups in total. The van der Waals surface area contributed by atoms with E-state index in [0.717, 1.165) is 45.1 Å². The molecular formula is C19H30N3O2+. The third-order valence-electron chi connectivity index (χ3n) is 5.02. The predicted molar refractivity (Wildman–Crippen MR) is 96.6 cm³/mol. The number of carbonyl (C=O) groups is 1. The summed E-state index contributed by atoms with van der Waals surface area (Å²) in [5.41, 5.74) is 2.08. The van der Waals surface area contributed by atoms with E-state index in [-0.39, 0.29) is 5.91 Å². The first-order valence-corrected chi connectivity index (χ1v) is 9.16. The number of hydrogen-bond acceptors (Lipinski definition) is 3. The Morgan fingerprint density at radius 1 is 1.17 bits per heavy atom. The van der Waals surface area contributed by atoms with Crippen LogP contribution in [-0.2, 0) is 9.53 Å². The summed E-state index contributed by atoms with van der Waals surface area (Å²) < 4.78 is 5.38. The zero-order valence-corrected chi connectivity index (χ0v) is 14.9. The van der Waals surface area contributed by atoms with E-state index in [0.29, 0.717) is 18.4 Å². The average Bonchev–Trinajstić information content (AvgIpc) is 2.55. The van der Waals surface area contributed by atoms with Gasteiger partial charge in [-0.2, -0.15) is 0 Å². The van der Waals surface area contributed by atoms with E-state index < -0.39 is 0 Å². The third-order valence-corrected chi connectivity index (χ3v) is 5.02. The van der Waals surface area contributed by atoms with Crippen molar-refractivity contribution < 1.29 is 14.4 Å². The highest BCUT2D eigenvalue weighted by Crippen LogP contribution is 2.19. The Morgan fingerprint density at radius 2 is 1.79 bits per heavy atom. The Labute approximate surface area is 145 Å². The fourth-order valence-electron chi connectivity index (χ4n) is 4.08. The number of ether oxygens (including phenoxy) is 1. The maximum atomic E-state index is 12.3. The number of nitrogens with zero attached hydrogens (tertiary/aromatic N) is 1. The minimum atomic E-state index is 0.116. The van der Waals surface area contributed by atoms with Crippen LogP contribution >= 0.6 is 0 Å². The lowest BCUT2D eigenvalue weighted by Gasteiger charge is -2.31. The van der Waals surface area contributed by atoms with Gasteiger partial charge in [0, 0.05) is 36.3 Å². The number of anilines is 2. The SMILES string of the molecule is C[C@@H]1C[C@H](C)C[NH+](CC(=O)Nc2ccc(N3CCOCC3)cc2)C1. The summed E-state index contributed by atoms with van der Waals surface area (Å²) in [6.45, 7) is 10.8. The molecule has 1 aromatic carbocycles. The molecule has 5 heteroatoms. The minimum Gasteiger partial charge on any atom is -0.378 e. The number of hydrogen-bond donors (Lipinski definition) is 2. The van der Waals surface area contributed by atoms with Crippen molar-refractivity contribution in [2.45, 2.75) is 20.3 Å². The Hall–Kier alpha value is -1.59. The molecular weight excluding hydrogens is 302 g/mol. The van der Waals surface area contributed by atoms with Gasteiger partial charge in [-0.3, -0.25) is 4.79 Å². The summed E-state index contributed by atoms with van der Waals surface area (Å²) in [4.78, 5) is 16.0. The molecule has 3 atom stereocenters. The number of likely N-dealkylation sites (tertiary alicyclic amines) is 1. The van der Waals surface area contributed by atoms with Crippen LogP contribution in [0.15, 0.2) is 24.3 Å². The van der Waals surface area contributed by atoms with Gasteiger partial charge >= 0.3 is 0 Å². The van der Waals surface area contributed by atoms with Crippen LogP contribution in [0, 0.1) is 11.8 Å². The lowest BCUT2D eigenvalue weighted by Crippen LogP contribution is -3.15. The monoisotopic (exact) mass is 332 g/mol. The van der Waals surface area contributed by atoms with E-state index in [9.17, 15) is 4.79 Å². The maximum absolute atomic E-state index is 12.3. The lowest BCUT2D eigenvalue weighted by atomic mass is 9.92. The smallest absolute Gasteiger partial charge is 0.279 e. The van der Waals surface area contributed by atoms with Crippen molar-refractivity contribution in [3.05, 3.63) is 24.3 Å². The second kappa shape index (κ2) is 7.99. The van der Waals surface area contributed by atoms with Gasteiger partial charge in [0.15, 0.2) is 6.54 Å². The predicted octanol–water partition coefficient (Wildman–Crippen LogP) is 1.02. The lowest BCUT2D eigenvalue weighted by molar-refractivity contribution is -0.904. The summed E-state index contributed by atoms with van der Waals surface area (Å²) >= 11 is 0. The number of carbonyl (C=O) groups excluding carboxylic acids is 1. The van der Waals surface area contributed by atoms with Crippen LogP contribution in [0.4, 0.5) is 11.4 Å². The van der Waals surface area contributed by atoms with Crippen LogP contribution in [-0.4, -0.2) is 51.8 Å². The maximum Gasteiger partial charge on any atom is 0.279 e. The molecule has 2 aliphatic rings. The molecule has 0 radical (unpaired) electrons. The van der Waals surface area contributed by atoms with Crippen molar-refractivity contribution >= 4 is 17.3 Å². The first-order chi connectivity index (χ1) is 11.6. The van der Waals surface area contributed by atoms with E-state index in [4.69, 9.17) is 4.74 Å². The minimum absolute atomic E-state index is 0.116. The van der Waals surface area contributed by atoms with Crippen molar-refractivity contribution in [2.24, 2.45) is 11.8 Å². The summed E-state index contributed by atoms with van der Waals surface area (Å²) in [7, 11) is 0. The Morgan fingerprint density at radius 3 is 2.42 bits per heavy atom. The van der Waals surface area contributed by atoms with Crippen molar-refractivity contribution in [3.63, 3.8) is 0 Å². The van der Waals surface area contributed by atoms with Crippen molar-refractivity contribution in [3.8, 4) is 0 Å². The van der Waals surface area contributed by atoms with Gasteiger partial charge in [0.1, 0.15) is 0 Å². The van der Waals surface area contributed by atoms with E-state index in [1.807, 2.05) is 12.1 Å². The second-order valence-corrected chi connectivity index (χ2v) is 7.48. The van der Waals surface area contributed by atoms with Crippen LogP contribution in [0.5, 0.6) is 0 Å². The number of nitrogens with one attached hydrogen (secondary N) is 2. The second-order valence-electron chi connectivity index (χ2n) is 7.48. The van der Waals surface area contributed by atoms with E-state index >= 15 is 0 Å². The first-order valence-electron chi connectivity index (χ1n) is 9.16. The van der Waals surface area contributed by atoms with Gasteiger partial charge in [0.05, 0.1) is 26.3 Å². The number of piperidine rings is 1. The van der Waals surface area contributed by atoms with Crippen molar-refractivity contribution in [1.29, 1.82) is 0 Å². The molecule has 24 heavy (non-hydrogen) atoms. The van der Waals surface area contributed by atoms with Gasteiger partial charge in [-0.1, -0.05) is 13.8 Å². The molecule has 0 aromatic heterocycles. The fourth-order valence-corrected chi connectivity index (χ4v) is 4.08. The van der Waals surface area contributed by atoms with Crippen molar-refractivity contribution in [2.75, 3.05) is 56.2 Å². The van der Waals surface area contributed by atoms with Crippen LogP contribution in [0.1, 0.15) is 20.3 Å². The average molecular weight is 332 g/mol. The molecule has 2 heterocycles. The van der Waals surface area contributed by atoms with Gasteiger partial charge in [-0.05, 0) is 30.7 Å². The van der Waals surface area contributed by atoms with Crippen LogP contribution in [0.25, 0.3) is 0 Å². The fraction of sp³-hybridized carbons (Fsp3) is 0.632. The molecule has 0 aliphatic carbocycles. The van der Waals surface area contributed by atoms with Gasteiger partial charge in [0.2, 0.25) is 0 Å². The van der Waals surface area contributed by atoms with Crippen LogP contribution in [0.3, 0.4) is 0 Å². The summed E-state index contributed by atoms with van der Waals surface area (Å²) in [5, 5.41) is 3.05. The van der Waals surface area contributed by atoms with Gasteiger partial charge in [0.25, 0.3) is 5.91 Å². The Balaban J connectivity index is 1.50. The normalized spacial score (nSPS) is 27.8. The highest BCUT2D eigenvalue weighted by molar-refractivity contribution is 5.91. The zero-order valence-electron chi connectivity index (χ0n) is 14.9. The molecule has 2 fully saturated rings. The van der Waals surface area contributed by atoms with E-state index in [1.165, 1.54) is 17.0 Å². The van der Waals surface area contributed by atoms with E-state index in [1.54, 1.807) is 0 Å². The molecule has 0 saturated carbocycles. The molecule has 2 aliphatic heterocycles. The molecule has 1 amide bonds. The first kappa shape index (κ1) is 17.2. The highest BCUT2D eigenvalue weighted by Gasteiger charge is 2.26. The zero-order chi connectivity index (χ0) is 16.9. The molecule has 132 valence electrons. The quantitative estimate of drug-likeness (QED) is 0.865. The van der Waals surface area contributed by atoms with Crippen molar-refractivity contribution in [1.82, 2.24) is 0 Å². The number of benzene rings is 1. The molecule has 1 unspecified atom stereocenters. The Bertz CT molecular complexity index is 530. The largest absolute Gasteiger partial charge is 0.378 e. The molecule has 0 spiro atoms. The van der Waals surface area contributed by atoms with Gasteiger partial charge in [-0.15, -0.1) is 0 Å². The molecule has 2 saturated heterocycles.